The predicted octanol–water partition coefficient (Wildman–Crippen LogP) is -2.62. The van der Waals surface area contributed by atoms with Crippen molar-refractivity contribution in [3.63, 3.8) is 0 Å². The van der Waals surface area contributed by atoms with Crippen LogP contribution in [-0.2, 0) is 19.2 Å². The van der Waals surface area contributed by atoms with Crippen LogP contribution in [0.3, 0.4) is 0 Å². The molecule has 0 aromatic carbocycles. The lowest BCUT2D eigenvalue weighted by Crippen LogP contribution is -2.57. The second kappa shape index (κ2) is 10.8. The number of aliphatic hydroxyl groups is 1. The number of aliphatic hydroxyl groups excluding tert-OH is 1. The Kier molecular flexibility index (Phi) is 10.0. The molecule has 138 valence electrons. The fourth-order valence-corrected chi connectivity index (χ4v) is 2.13. The first kappa shape index (κ1) is 22.1. The summed E-state index contributed by atoms with van der Waals surface area (Å²) in [5.74, 6) is -3.33. The molecule has 0 heterocycles. The number of carbonyl (C=O) groups is 4. The molecule has 0 aromatic rings. The Balaban J connectivity index is 5.01. The van der Waals surface area contributed by atoms with Gasteiger partial charge in [-0.05, 0) is 25.4 Å². The maximum atomic E-state index is 12.2. The van der Waals surface area contributed by atoms with Crippen molar-refractivity contribution in [2.24, 2.45) is 11.5 Å². The molecule has 11 heteroatoms. The average molecular weight is 364 g/mol. The molecule has 0 saturated heterocycles. The Morgan fingerprint density at radius 3 is 2.08 bits per heavy atom. The molecule has 8 N–H and O–H groups in total. The van der Waals surface area contributed by atoms with Gasteiger partial charge in [-0.25, -0.2) is 4.79 Å². The van der Waals surface area contributed by atoms with E-state index in [4.69, 9.17) is 16.6 Å². The van der Waals surface area contributed by atoms with Crippen molar-refractivity contribution in [1.82, 2.24) is 10.6 Å². The Bertz CT molecular complexity index is 473. The Labute approximate surface area is 143 Å². The normalized spacial score (nSPS) is 15.7. The van der Waals surface area contributed by atoms with Crippen LogP contribution in [0.2, 0.25) is 0 Å². The maximum absolute atomic E-state index is 12.2. The highest BCUT2D eigenvalue weighted by atomic mass is 32.2. The van der Waals surface area contributed by atoms with Gasteiger partial charge in [-0.15, -0.1) is 0 Å². The predicted molar refractivity (Wildman–Crippen MR) is 88.0 cm³/mol. The lowest BCUT2D eigenvalue weighted by molar-refractivity contribution is -0.142. The molecule has 0 bridgehead atoms. The van der Waals surface area contributed by atoms with E-state index >= 15 is 0 Å². The van der Waals surface area contributed by atoms with Gasteiger partial charge in [0.1, 0.15) is 18.1 Å². The molecular formula is C13H24N4O6S. The summed E-state index contributed by atoms with van der Waals surface area (Å²) >= 11 is 1.41. The van der Waals surface area contributed by atoms with Gasteiger partial charge in [0.15, 0.2) is 0 Å². The van der Waals surface area contributed by atoms with Gasteiger partial charge in [-0.3, -0.25) is 14.4 Å². The number of hydrogen-bond donors (Lipinski definition) is 6. The van der Waals surface area contributed by atoms with E-state index in [1.165, 1.54) is 18.7 Å². The molecule has 0 rings (SSSR count). The smallest absolute Gasteiger partial charge is 0.326 e. The second-order valence-corrected chi connectivity index (χ2v) is 6.16. The zero-order chi connectivity index (χ0) is 18.9. The SMILES string of the molecule is CSCC[C@H](NC(=O)[C@H](CC(N)=O)NC(=O)[C@@H](N)[C@@H](C)O)C(=O)O. The molecule has 0 radical (unpaired) electrons. The van der Waals surface area contributed by atoms with E-state index < -0.39 is 54.3 Å². The minimum Gasteiger partial charge on any atom is -0.480 e. The highest BCUT2D eigenvalue weighted by molar-refractivity contribution is 7.98. The second-order valence-electron chi connectivity index (χ2n) is 5.18. The molecule has 3 amide bonds. The number of carbonyl (C=O) groups excluding carboxylic acids is 3. The molecule has 0 fully saturated rings. The third-order valence-corrected chi connectivity index (χ3v) is 3.73. The highest BCUT2D eigenvalue weighted by Crippen LogP contribution is 2.03. The first-order chi connectivity index (χ1) is 11.1. The Hall–Kier alpha value is -1.85. The lowest BCUT2D eigenvalue weighted by atomic mass is 10.1. The summed E-state index contributed by atoms with van der Waals surface area (Å²) < 4.78 is 0. The molecular weight excluding hydrogens is 340 g/mol. The minimum atomic E-state index is -1.38. The molecule has 0 aliphatic heterocycles. The molecule has 10 nitrogen and oxygen atoms in total. The summed E-state index contributed by atoms with van der Waals surface area (Å²) in [4.78, 5) is 46.2. The molecule has 0 spiro atoms. The number of nitrogens with two attached hydrogens (primary N) is 2. The first-order valence-corrected chi connectivity index (χ1v) is 8.54. The Morgan fingerprint density at radius 2 is 1.67 bits per heavy atom. The summed E-state index contributed by atoms with van der Waals surface area (Å²) in [6.45, 7) is 1.29. The van der Waals surface area contributed by atoms with Gasteiger partial charge in [-0.2, -0.15) is 11.8 Å². The van der Waals surface area contributed by atoms with Crippen molar-refractivity contribution in [1.29, 1.82) is 0 Å². The van der Waals surface area contributed by atoms with Gasteiger partial charge in [0.25, 0.3) is 0 Å². The molecule has 24 heavy (non-hydrogen) atoms. The van der Waals surface area contributed by atoms with E-state index in [1.807, 2.05) is 0 Å². The molecule has 0 aliphatic rings. The van der Waals surface area contributed by atoms with Crippen molar-refractivity contribution in [2.45, 2.75) is 44.0 Å². The van der Waals surface area contributed by atoms with Crippen LogP contribution in [0.15, 0.2) is 0 Å². The van der Waals surface area contributed by atoms with Crippen molar-refractivity contribution in [3.8, 4) is 0 Å². The number of thioether (sulfide) groups is 1. The highest BCUT2D eigenvalue weighted by Gasteiger charge is 2.29. The van der Waals surface area contributed by atoms with E-state index in [9.17, 15) is 24.3 Å². The van der Waals surface area contributed by atoms with Crippen LogP contribution < -0.4 is 22.1 Å². The van der Waals surface area contributed by atoms with Gasteiger partial charge in [0, 0.05) is 0 Å². The average Bonchev–Trinajstić information content (AvgIpc) is 2.48. The monoisotopic (exact) mass is 364 g/mol. The third-order valence-electron chi connectivity index (χ3n) is 3.09. The van der Waals surface area contributed by atoms with Gasteiger partial charge >= 0.3 is 5.97 Å². The van der Waals surface area contributed by atoms with Gasteiger partial charge < -0.3 is 32.3 Å². The zero-order valence-electron chi connectivity index (χ0n) is 13.5. The number of aliphatic carboxylic acids is 1. The van der Waals surface area contributed by atoms with Gasteiger partial charge in [0.2, 0.25) is 17.7 Å². The third kappa shape index (κ3) is 8.13. The van der Waals surface area contributed by atoms with Crippen molar-refractivity contribution in [2.75, 3.05) is 12.0 Å². The minimum absolute atomic E-state index is 0.173. The zero-order valence-corrected chi connectivity index (χ0v) is 14.3. The maximum Gasteiger partial charge on any atom is 0.326 e. The fourth-order valence-electron chi connectivity index (χ4n) is 1.66. The molecule has 0 aliphatic carbocycles. The molecule has 0 saturated carbocycles. The fraction of sp³-hybridized carbons (Fsp3) is 0.692. The van der Waals surface area contributed by atoms with E-state index in [0.29, 0.717) is 5.75 Å². The summed E-state index contributed by atoms with van der Waals surface area (Å²) in [7, 11) is 0. The lowest BCUT2D eigenvalue weighted by Gasteiger charge is -2.22. The number of amides is 3. The van der Waals surface area contributed by atoms with Crippen LogP contribution in [0, 0.1) is 0 Å². The van der Waals surface area contributed by atoms with Crippen molar-refractivity contribution >= 4 is 35.5 Å². The number of hydrogen-bond acceptors (Lipinski definition) is 7. The van der Waals surface area contributed by atoms with Crippen LogP contribution in [0.1, 0.15) is 19.8 Å². The summed E-state index contributed by atoms with van der Waals surface area (Å²) in [6.07, 6.45) is 0.260. The molecule has 0 unspecified atom stereocenters. The summed E-state index contributed by atoms with van der Waals surface area (Å²) in [5.41, 5.74) is 10.5. The number of carboxylic acids is 1. The van der Waals surface area contributed by atoms with Crippen LogP contribution in [0.25, 0.3) is 0 Å². The number of carboxylic acid groups (broad SMARTS) is 1. The molecule has 0 aromatic heterocycles. The summed E-state index contributed by atoms with van der Waals surface area (Å²) in [6, 6.07) is -3.85. The van der Waals surface area contributed by atoms with Gasteiger partial charge in [0.05, 0.1) is 12.5 Å². The number of rotatable bonds is 11. The van der Waals surface area contributed by atoms with E-state index in [-0.39, 0.29) is 6.42 Å². The van der Waals surface area contributed by atoms with Crippen LogP contribution >= 0.6 is 11.8 Å². The van der Waals surface area contributed by atoms with E-state index in [0.717, 1.165) is 0 Å². The standard InChI is InChI=1S/C13H24N4O6S/c1-6(18)10(15)12(21)17-8(5-9(14)19)11(20)16-7(13(22)23)3-4-24-2/h6-8,10,18H,3-5,15H2,1-2H3,(H2,14,19)(H,16,20)(H,17,21)(H,22,23)/t6-,7+,8+,10+/m1/s1. The molecule has 4 atom stereocenters. The number of primary amides is 1. The number of nitrogens with one attached hydrogen (secondary N) is 2. The van der Waals surface area contributed by atoms with Crippen molar-refractivity contribution in [3.05, 3.63) is 0 Å². The Morgan fingerprint density at radius 1 is 1.12 bits per heavy atom. The van der Waals surface area contributed by atoms with E-state index in [1.54, 1.807) is 6.26 Å². The van der Waals surface area contributed by atoms with Crippen LogP contribution in [0.5, 0.6) is 0 Å². The quantitative estimate of drug-likeness (QED) is 0.230. The summed E-state index contributed by atoms with van der Waals surface area (Å²) in [5, 5.41) is 22.8. The van der Waals surface area contributed by atoms with Crippen molar-refractivity contribution < 1.29 is 29.4 Å². The van der Waals surface area contributed by atoms with Crippen LogP contribution in [0.4, 0.5) is 0 Å². The van der Waals surface area contributed by atoms with Crippen LogP contribution in [-0.4, -0.2) is 70.1 Å². The van der Waals surface area contributed by atoms with Gasteiger partial charge in [-0.1, -0.05) is 0 Å². The largest absolute Gasteiger partial charge is 0.480 e. The topological polar surface area (TPSA) is 185 Å². The first-order valence-electron chi connectivity index (χ1n) is 7.14. The van der Waals surface area contributed by atoms with E-state index in [2.05, 4.69) is 10.6 Å².